The maximum atomic E-state index is 12.4. The van der Waals surface area contributed by atoms with E-state index in [1.807, 2.05) is 26.0 Å². The molecule has 1 aromatic rings. The van der Waals surface area contributed by atoms with Gasteiger partial charge in [0, 0.05) is 12.6 Å². The number of nitrogens with one attached hydrogen (secondary N) is 1. The zero-order valence-electron chi connectivity index (χ0n) is 13.3. The molecule has 0 fully saturated rings. The lowest BCUT2D eigenvalue weighted by Gasteiger charge is -2.33. The number of hydrogen-bond donors (Lipinski definition) is 2. The molecule has 0 aromatic heterocycles. The van der Waals surface area contributed by atoms with Crippen LogP contribution >= 0.6 is 0 Å². The molecule has 6 heteroatoms. The molecule has 2 amide bonds. The van der Waals surface area contributed by atoms with Gasteiger partial charge in [0.15, 0.2) is 6.10 Å². The molecule has 3 N–H and O–H groups in total. The van der Waals surface area contributed by atoms with Crippen LogP contribution in [0.4, 0.5) is 5.69 Å². The summed E-state index contributed by atoms with van der Waals surface area (Å²) in [4.78, 5) is 25.8. The molecule has 120 valence electrons. The maximum absolute atomic E-state index is 12.4. The normalized spacial score (nSPS) is 18.5. The molecule has 2 atom stereocenters. The van der Waals surface area contributed by atoms with Crippen molar-refractivity contribution in [1.29, 1.82) is 0 Å². The predicted octanol–water partition coefficient (Wildman–Crippen LogP) is 1.35. The number of carbonyl (C=O) groups is 2. The van der Waals surface area contributed by atoms with E-state index in [9.17, 15) is 9.59 Å². The largest absolute Gasteiger partial charge is 0.479 e. The average molecular weight is 305 g/mol. The van der Waals surface area contributed by atoms with Gasteiger partial charge in [-0.05, 0) is 38.0 Å². The smallest absolute Gasteiger partial charge is 0.268 e. The van der Waals surface area contributed by atoms with Crippen LogP contribution < -0.4 is 20.7 Å². The Kier molecular flexibility index (Phi) is 5.03. The van der Waals surface area contributed by atoms with Gasteiger partial charge >= 0.3 is 0 Å². The van der Waals surface area contributed by atoms with Crippen molar-refractivity contribution in [2.75, 3.05) is 18.0 Å². The van der Waals surface area contributed by atoms with Crippen LogP contribution in [0.5, 0.6) is 5.75 Å². The second kappa shape index (κ2) is 6.79. The van der Waals surface area contributed by atoms with Crippen LogP contribution in [0.15, 0.2) is 18.2 Å². The summed E-state index contributed by atoms with van der Waals surface area (Å²) in [5.41, 5.74) is 7.39. The van der Waals surface area contributed by atoms with Crippen LogP contribution in [0.3, 0.4) is 0 Å². The highest BCUT2D eigenvalue weighted by atomic mass is 16.5. The third-order valence-electron chi connectivity index (χ3n) is 3.59. The molecule has 0 saturated heterocycles. The van der Waals surface area contributed by atoms with Gasteiger partial charge in [0.1, 0.15) is 12.3 Å². The summed E-state index contributed by atoms with van der Waals surface area (Å²) in [6.45, 7) is 6.11. The monoisotopic (exact) mass is 305 g/mol. The molecule has 0 radical (unpaired) electrons. The van der Waals surface area contributed by atoms with Gasteiger partial charge in [0.05, 0.1) is 5.69 Å². The number of fused-ring (bicyclic) bond motifs is 1. The van der Waals surface area contributed by atoms with Gasteiger partial charge in [-0.2, -0.15) is 0 Å². The molecule has 2 unspecified atom stereocenters. The first-order valence-corrected chi connectivity index (χ1v) is 7.58. The van der Waals surface area contributed by atoms with E-state index in [0.717, 1.165) is 12.0 Å². The zero-order valence-corrected chi connectivity index (χ0v) is 13.3. The van der Waals surface area contributed by atoms with Crippen molar-refractivity contribution in [3.63, 3.8) is 0 Å². The summed E-state index contributed by atoms with van der Waals surface area (Å²) in [7, 11) is 0. The van der Waals surface area contributed by atoms with Crippen molar-refractivity contribution in [2.45, 2.75) is 39.3 Å². The number of nitrogens with zero attached hydrogens (tertiary/aromatic N) is 1. The van der Waals surface area contributed by atoms with E-state index < -0.39 is 6.10 Å². The first-order valence-electron chi connectivity index (χ1n) is 7.58. The number of amides is 2. The van der Waals surface area contributed by atoms with Gasteiger partial charge < -0.3 is 15.8 Å². The minimum atomic E-state index is -0.604. The molecule has 1 aliphatic rings. The van der Waals surface area contributed by atoms with E-state index in [-0.39, 0.29) is 24.4 Å². The van der Waals surface area contributed by atoms with Crippen molar-refractivity contribution in [2.24, 2.45) is 5.73 Å². The molecule has 6 nitrogen and oxygen atoms in total. The third kappa shape index (κ3) is 3.39. The van der Waals surface area contributed by atoms with Crippen molar-refractivity contribution < 1.29 is 14.3 Å². The van der Waals surface area contributed by atoms with Crippen LogP contribution in [-0.2, 0) is 9.59 Å². The van der Waals surface area contributed by atoms with Gasteiger partial charge in [-0.25, -0.2) is 0 Å². The highest BCUT2D eigenvalue weighted by Crippen LogP contribution is 2.35. The average Bonchev–Trinajstić information content (AvgIpc) is 2.49. The lowest BCUT2D eigenvalue weighted by molar-refractivity contribution is -0.128. The van der Waals surface area contributed by atoms with Gasteiger partial charge in [0.2, 0.25) is 5.91 Å². The molecule has 22 heavy (non-hydrogen) atoms. The summed E-state index contributed by atoms with van der Waals surface area (Å²) in [5, 5.41) is 2.78. The summed E-state index contributed by atoms with van der Waals surface area (Å²) in [6.07, 6.45) is 0.248. The van der Waals surface area contributed by atoms with Gasteiger partial charge in [0.25, 0.3) is 5.91 Å². The molecule has 1 aromatic carbocycles. The van der Waals surface area contributed by atoms with Crippen molar-refractivity contribution in [1.82, 2.24) is 5.32 Å². The fourth-order valence-corrected chi connectivity index (χ4v) is 2.33. The maximum Gasteiger partial charge on any atom is 0.268 e. The second-order valence-electron chi connectivity index (χ2n) is 5.55. The lowest BCUT2D eigenvalue weighted by Crippen LogP contribution is -2.49. The van der Waals surface area contributed by atoms with Crippen LogP contribution in [0.25, 0.3) is 0 Å². The number of benzene rings is 1. The fraction of sp³-hybridized carbons (Fsp3) is 0.500. The highest BCUT2D eigenvalue weighted by Gasteiger charge is 2.33. The van der Waals surface area contributed by atoms with Gasteiger partial charge in [-0.1, -0.05) is 13.0 Å². The van der Waals surface area contributed by atoms with Crippen LogP contribution in [-0.4, -0.2) is 31.0 Å². The second-order valence-corrected chi connectivity index (χ2v) is 5.55. The van der Waals surface area contributed by atoms with E-state index in [1.54, 1.807) is 13.0 Å². The minimum absolute atomic E-state index is 0.0120. The Balaban J connectivity index is 2.30. The van der Waals surface area contributed by atoms with E-state index in [1.165, 1.54) is 4.90 Å². The number of carbonyl (C=O) groups excluding carboxylic acids is 2. The minimum Gasteiger partial charge on any atom is -0.479 e. The number of nitrogens with two attached hydrogens (primary N) is 1. The third-order valence-corrected chi connectivity index (χ3v) is 3.59. The number of rotatable bonds is 5. The Morgan fingerprint density at radius 1 is 1.50 bits per heavy atom. The Hall–Kier alpha value is -2.08. The van der Waals surface area contributed by atoms with E-state index in [4.69, 9.17) is 10.5 Å². The van der Waals surface area contributed by atoms with Crippen molar-refractivity contribution in [3.05, 3.63) is 23.8 Å². The molecule has 0 bridgehead atoms. The molecule has 0 aliphatic carbocycles. The summed E-state index contributed by atoms with van der Waals surface area (Å²) in [5.74, 6) is 0.196. The quantitative estimate of drug-likeness (QED) is 0.860. The van der Waals surface area contributed by atoms with Crippen LogP contribution in [0.1, 0.15) is 38.8 Å². The number of hydrogen-bond acceptors (Lipinski definition) is 4. The van der Waals surface area contributed by atoms with Crippen molar-refractivity contribution in [3.8, 4) is 5.75 Å². The molecule has 2 rings (SSSR count). The summed E-state index contributed by atoms with van der Waals surface area (Å²) >= 11 is 0. The number of anilines is 1. The molecule has 1 heterocycles. The molecular weight excluding hydrogens is 282 g/mol. The Bertz CT molecular complexity index is 572. The van der Waals surface area contributed by atoms with E-state index in [2.05, 4.69) is 5.32 Å². The van der Waals surface area contributed by atoms with Crippen LogP contribution in [0.2, 0.25) is 0 Å². The molecular formula is C16H23N3O3. The Labute approximate surface area is 130 Å². The molecule has 0 spiro atoms. The Morgan fingerprint density at radius 3 is 2.86 bits per heavy atom. The number of ether oxygens (including phenoxy) is 1. The van der Waals surface area contributed by atoms with Gasteiger partial charge in [-0.3, -0.25) is 14.5 Å². The first-order chi connectivity index (χ1) is 10.4. The van der Waals surface area contributed by atoms with Gasteiger partial charge in [-0.15, -0.1) is 0 Å². The first kappa shape index (κ1) is 16.3. The standard InChI is InChI=1S/C16H23N3O3/c1-4-7-18-15(20)9-19-13-8-12(10(2)17)5-6-14(13)22-11(3)16(19)21/h5-6,8,10-11H,4,7,9,17H2,1-3H3,(H,18,20). The topological polar surface area (TPSA) is 84.7 Å². The van der Waals surface area contributed by atoms with Crippen molar-refractivity contribution >= 4 is 17.5 Å². The Morgan fingerprint density at radius 2 is 2.23 bits per heavy atom. The summed E-state index contributed by atoms with van der Waals surface area (Å²) < 4.78 is 5.61. The summed E-state index contributed by atoms with van der Waals surface area (Å²) in [6, 6.07) is 5.34. The zero-order chi connectivity index (χ0) is 16.3. The van der Waals surface area contributed by atoms with E-state index in [0.29, 0.717) is 18.0 Å². The SMILES string of the molecule is CCCNC(=O)CN1C(=O)C(C)Oc2ccc(C(C)N)cc21. The van der Waals surface area contributed by atoms with E-state index >= 15 is 0 Å². The fourth-order valence-electron chi connectivity index (χ4n) is 2.33. The molecule has 0 saturated carbocycles. The lowest BCUT2D eigenvalue weighted by atomic mass is 10.1. The molecule has 1 aliphatic heterocycles. The highest BCUT2D eigenvalue weighted by molar-refractivity contribution is 6.03. The van der Waals surface area contributed by atoms with Crippen LogP contribution in [0, 0.1) is 0 Å². The predicted molar refractivity (Wildman–Crippen MR) is 84.8 cm³/mol.